The maximum absolute atomic E-state index is 13.9. The van der Waals surface area contributed by atoms with Gasteiger partial charge < -0.3 is 4.74 Å². The molecule has 0 saturated carbocycles. The minimum Gasteiger partial charge on any atom is -0.490 e. The highest BCUT2D eigenvalue weighted by Gasteiger charge is 2.27. The van der Waals surface area contributed by atoms with Crippen molar-refractivity contribution in [3.63, 3.8) is 0 Å². The third kappa shape index (κ3) is 3.10. The van der Waals surface area contributed by atoms with Gasteiger partial charge in [0.2, 0.25) is 0 Å². The molecular formula is C17H15BrF2O. The number of halogens is 3. The fourth-order valence-corrected chi connectivity index (χ4v) is 3.43. The second-order valence-electron chi connectivity index (χ2n) is 5.30. The zero-order valence-electron chi connectivity index (χ0n) is 11.4. The lowest BCUT2D eigenvalue weighted by Gasteiger charge is -2.19. The first-order valence-corrected chi connectivity index (χ1v) is 8.05. The molecule has 3 rings (SSSR count). The molecule has 0 N–H and O–H groups in total. The monoisotopic (exact) mass is 352 g/mol. The van der Waals surface area contributed by atoms with E-state index < -0.39 is 0 Å². The van der Waals surface area contributed by atoms with E-state index in [1.807, 2.05) is 12.1 Å². The van der Waals surface area contributed by atoms with Gasteiger partial charge in [-0.2, -0.15) is 0 Å². The lowest BCUT2D eigenvalue weighted by molar-refractivity contribution is 0.212. The van der Waals surface area contributed by atoms with Crippen LogP contribution in [0.25, 0.3) is 0 Å². The molecule has 0 bridgehead atoms. The van der Waals surface area contributed by atoms with Crippen molar-refractivity contribution in [1.82, 2.24) is 0 Å². The van der Waals surface area contributed by atoms with E-state index in [1.54, 1.807) is 12.1 Å². The highest BCUT2D eigenvalue weighted by Crippen LogP contribution is 2.35. The summed E-state index contributed by atoms with van der Waals surface area (Å²) in [4.78, 5) is 0. The van der Waals surface area contributed by atoms with Gasteiger partial charge in [0.15, 0.2) is 0 Å². The Morgan fingerprint density at radius 3 is 2.76 bits per heavy atom. The number of ether oxygens (including phenoxy) is 1. The number of hydrogen-bond acceptors (Lipinski definition) is 1. The number of alkyl halides is 1. The van der Waals surface area contributed by atoms with Gasteiger partial charge in [0, 0.05) is 17.3 Å². The van der Waals surface area contributed by atoms with E-state index in [1.165, 1.54) is 18.2 Å². The van der Waals surface area contributed by atoms with Gasteiger partial charge in [0.05, 0.1) is 0 Å². The van der Waals surface area contributed by atoms with E-state index in [0.717, 1.165) is 11.3 Å². The van der Waals surface area contributed by atoms with Crippen molar-refractivity contribution in [3.05, 3.63) is 65.2 Å². The van der Waals surface area contributed by atoms with Gasteiger partial charge in [0.1, 0.15) is 23.5 Å². The molecule has 2 unspecified atom stereocenters. The average Bonchev–Trinajstić information content (AvgIpc) is 2.87. The largest absolute Gasteiger partial charge is 0.490 e. The number of benzene rings is 2. The summed E-state index contributed by atoms with van der Waals surface area (Å²) in [5.74, 6) is 0.339. The van der Waals surface area contributed by atoms with E-state index in [2.05, 4.69) is 15.9 Å². The molecule has 4 heteroatoms. The molecule has 0 aliphatic carbocycles. The van der Waals surface area contributed by atoms with Gasteiger partial charge in [-0.15, -0.1) is 0 Å². The van der Waals surface area contributed by atoms with E-state index >= 15 is 0 Å². The molecule has 1 nitrogen and oxygen atoms in total. The Morgan fingerprint density at radius 2 is 2.00 bits per heavy atom. The normalized spacial score (nSPS) is 18.1. The van der Waals surface area contributed by atoms with Gasteiger partial charge in [-0.25, -0.2) is 8.78 Å². The van der Waals surface area contributed by atoms with Crippen molar-refractivity contribution in [1.29, 1.82) is 0 Å². The molecular weight excluding hydrogens is 338 g/mol. The predicted molar refractivity (Wildman–Crippen MR) is 82.1 cm³/mol. The summed E-state index contributed by atoms with van der Waals surface area (Å²) in [5.41, 5.74) is 1.59. The molecule has 2 aromatic carbocycles. The molecule has 0 spiro atoms. The highest BCUT2D eigenvalue weighted by atomic mass is 79.9. The molecule has 0 fully saturated rings. The quantitative estimate of drug-likeness (QED) is 0.715. The SMILES string of the molecule is Fc1ccc2c(c1)CC(CC(CBr)c1ccccc1F)O2. The molecule has 0 radical (unpaired) electrons. The topological polar surface area (TPSA) is 9.23 Å². The van der Waals surface area contributed by atoms with E-state index in [-0.39, 0.29) is 23.7 Å². The molecule has 1 aliphatic heterocycles. The van der Waals surface area contributed by atoms with Crippen LogP contribution >= 0.6 is 15.9 Å². The molecule has 1 aliphatic rings. The third-order valence-corrected chi connectivity index (χ3v) is 4.62. The third-order valence-electron chi connectivity index (χ3n) is 3.84. The van der Waals surface area contributed by atoms with E-state index in [4.69, 9.17) is 4.74 Å². The van der Waals surface area contributed by atoms with E-state index in [0.29, 0.717) is 23.7 Å². The number of rotatable bonds is 4. The smallest absolute Gasteiger partial charge is 0.126 e. The van der Waals surface area contributed by atoms with Gasteiger partial charge in [0.25, 0.3) is 0 Å². The van der Waals surface area contributed by atoms with Crippen LogP contribution < -0.4 is 4.74 Å². The van der Waals surface area contributed by atoms with Gasteiger partial charge in [-0.3, -0.25) is 0 Å². The minimum atomic E-state index is -0.246. The summed E-state index contributed by atoms with van der Waals surface area (Å²) in [5, 5.41) is 0.665. The maximum atomic E-state index is 13.9. The van der Waals surface area contributed by atoms with Crippen molar-refractivity contribution in [2.24, 2.45) is 0 Å². The fourth-order valence-electron chi connectivity index (χ4n) is 2.82. The molecule has 2 aromatic rings. The minimum absolute atomic E-state index is 0.0374. The van der Waals surface area contributed by atoms with Crippen LogP contribution in [-0.2, 0) is 6.42 Å². The van der Waals surface area contributed by atoms with Crippen LogP contribution in [0, 0.1) is 11.6 Å². The predicted octanol–water partition coefficient (Wildman–Crippen LogP) is 4.84. The van der Waals surface area contributed by atoms with Crippen molar-refractivity contribution < 1.29 is 13.5 Å². The van der Waals surface area contributed by atoms with E-state index in [9.17, 15) is 8.78 Å². The summed E-state index contributed by atoms with van der Waals surface area (Å²) >= 11 is 3.46. The zero-order valence-corrected chi connectivity index (χ0v) is 12.9. The van der Waals surface area contributed by atoms with Crippen LogP contribution in [0.3, 0.4) is 0 Å². The van der Waals surface area contributed by atoms with Crippen molar-refractivity contribution >= 4 is 15.9 Å². The number of hydrogen-bond donors (Lipinski definition) is 0. The summed E-state index contributed by atoms with van der Waals surface area (Å²) < 4.78 is 33.0. The van der Waals surface area contributed by atoms with Crippen LogP contribution in [0.15, 0.2) is 42.5 Å². The lowest BCUT2D eigenvalue weighted by Crippen LogP contribution is -2.18. The lowest BCUT2D eigenvalue weighted by atomic mass is 9.93. The van der Waals surface area contributed by atoms with Crippen LogP contribution in [0.2, 0.25) is 0 Å². The van der Waals surface area contributed by atoms with Crippen LogP contribution in [-0.4, -0.2) is 11.4 Å². The van der Waals surface area contributed by atoms with Gasteiger partial charge in [-0.1, -0.05) is 34.1 Å². The first-order chi connectivity index (χ1) is 10.2. The summed E-state index contributed by atoms with van der Waals surface area (Å²) in [6.07, 6.45) is 1.33. The second-order valence-corrected chi connectivity index (χ2v) is 5.95. The first kappa shape index (κ1) is 14.5. The van der Waals surface area contributed by atoms with Gasteiger partial charge >= 0.3 is 0 Å². The Labute approximate surface area is 131 Å². The van der Waals surface area contributed by atoms with Crippen molar-refractivity contribution in [3.8, 4) is 5.75 Å². The summed E-state index contributed by atoms with van der Waals surface area (Å²) in [6, 6.07) is 11.4. The molecule has 0 aromatic heterocycles. The van der Waals surface area contributed by atoms with Crippen LogP contribution in [0.5, 0.6) is 5.75 Å². The maximum Gasteiger partial charge on any atom is 0.126 e. The number of fused-ring (bicyclic) bond motifs is 1. The standard InChI is InChI=1S/C17H15BrF2O/c18-10-12(15-3-1-2-4-16(15)20)9-14-8-11-7-13(19)5-6-17(11)21-14/h1-7,12,14H,8-10H2. The highest BCUT2D eigenvalue weighted by molar-refractivity contribution is 9.09. The summed E-state index contributed by atoms with van der Waals surface area (Å²) in [6.45, 7) is 0. The molecule has 0 saturated heterocycles. The molecule has 1 heterocycles. The average molecular weight is 353 g/mol. The second kappa shape index (κ2) is 6.14. The molecule has 21 heavy (non-hydrogen) atoms. The fraction of sp³-hybridized carbons (Fsp3) is 0.294. The first-order valence-electron chi connectivity index (χ1n) is 6.93. The van der Waals surface area contributed by atoms with Crippen molar-refractivity contribution in [2.45, 2.75) is 24.9 Å². The molecule has 110 valence electrons. The summed E-state index contributed by atoms with van der Waals surface area (Å²) in [7, 11) is 0. The Kier molecular flexibility index (Phi) is 4.24. The molecule has 0 amide bonds. The van der Waals surface area contributed by atoms with Crippen LogP contribution in [0.4, 0.5) is 8.78 Å². The molecule has 2 atom stereocenters. The van der Waals surface area contributed by atoms with Crippen LogP contribution in [0.1, 0.15) is 23.5 Å². The Hall–Kier alpha value is -1.42. The van der Waals surface area contributed by atoms with Gasteiger partial charge in [-0.05, 0) is 42.2 Å². The Bertz CT molecular complexity index is 644. The Balaban J connectivity index is 1.74. The zero-order chi connectivity index (χ0) is 14.8. The van der Waals surface area contributed by atoms with Crippen molar-refractivity contribution in [2.75, 3.05) is 5.33 Å². The Morgan fingerprint density at radius 1 is 1.19 bits per heavy atom.